The van der Waals surface area contributed by atoms with Gasteiger partial charge in [0.2, 0.25) is 0 Å². The molecule has 0 saturated heterocycles. The Balaban J connectivity index is 2.07. The van der Waals surface area contributed by atoms with E-state index in [9.17, 15) is 4.79 Å². The normalized spacial score (nSPS) is 11.9. The second-order valence-electron chi connectivity index (χ2n) is 4.72. The van der Waals surface area contributed by atoms with Crippen molar-refractivity contribution in [2.45, 2.75) is 19.2 Å². The molecule has 4 heteroatoms. The third kappa shape index (κ3) is 4.15. The fourth-order valence-corrected chi connectivity index (χ4v) is 2.08. The molecule has 0 aliphatic heterocycles. The van der Waals surface area contributed by atoms with Crippen LogP contribution in [0.4, 0.5) is 0 Å². The summed E-state index contributed by atoms with van der Waals surface area (Å²) in [4.78, 5) is 11.9. The van der Waals surface area contributed by atoms with Gasteiger partial charge in [0.25, 0.3) is 0 Å². The van der Waals surface area contributed by atoms with Gasteiger partial charge >= 0.3 is 5.97 Å². The minimum Gasteiger partial charge on any atom is -0.468 e. The molecule has 0 fully saturated rings. The molecule has 0 radical (unpaired) electrons. The van der Waals surface area contributed by atoms with Crippen LogP contribution in [0.2, 0.25) is 0 Å². The van der Waals surface area contributed by atoms with Gasteiger partial charge in [0.05, 0.1) is 13.7 Å². The lowest BCUT2D eigenvalue weighted by Crippen LogP contribution is -2.29. The molecule has 21 heavy (non-hydrogen) atoms. The minimum atomic E-state index is -0.492. The number of rotatable bonds is 6. The highest BCUT2D eigenvalue weighted by atomic mass is 16.5. The summed E-state index contributed by atoms with van der Waals surface area (Å²) in [5.41, 5.74) is 2.78. The van der Waals surface area contributed by atoms with Crippen molar-refractivity contribution >= 4 is 5.97 Å². The number of aliphatic hydroxyl groups excluding tert-OH is 1. The highest BCUT2D eigenvalue weighted by Crippen LogP contribution is 2.15. The van der Waals surface area contributed by atoms with Gasteiger partial charge < -0.3 is 9.84 Å². The summed E-state index contributed by atoms with van der Waals surface area (Å²) in [7, 11) is 1.38. The monoisotopic (exact) mass is 285 g/mol. The molecule has 0 spiro atoms. The Kier molecular flexibility index (Phi) is 5.49. The molecule has 1 unspecified atom stereocenters. The van der Waals surface area contributed by atoms with Crippen LogP contribution >= 0.6 is 0 Å². The molecular formula is C17H19NO3. The average Bonchev–Trinajstić information content (AvgIpc) is 2.56. The predicted octanol–water partition coefficient (Wildman–Crippen LogP) is 2.18. The zero-order valence-corrected chi connectivity index (χ0v) is 12.0. The van der Waals surface area contributed by atoms with Gasteiger partial charge in [0, 0.05) is 6.54 Å². The Hall–Kier alpha value is -2.17. The molecule has 2 rings (SSSR count). The molecule has 2 aromatic rings. The summed E-state index contributed by atoms with van der Waals surface area (Å²) >= 11 is 0. The van der Waals surface area contributed by atoms with E-state index in [1.165, 1.54) is 7.11 Å². The molecule has 0 bridgehead atoms. The van der Waals surface area contributed by atoms with E-state index in [1.807, 2.05) is 54.6 Å². The second kappa shape index (κ2) is 7.57. The van der Waals surface area contributed by atoms with Crippen LogP contribution in [0.3, 0.4) is 0 Å². The maximum atomic E-state index is 11.9. The SMILES string of the molecule is COC(=O)C(NCc1ccc(CO)cc1)c1ccccc1. The molecular weight excluding hydrogens is 266 g/mol. The van der Waals surface area contributed by atoms with Crippen molar-refractivity contribution in [2.24, 2.45) is 0 Å². The largest absolute Gasteiger partial charge is 0.468 e. The maximum absolute atomic E-state index is 11.9. The van der Waals surface area contributed by atoms with Gasteiger partial charge in [-0.15, -0.1) is 0 Å². The van der Waals surface area contributed by atoms with E-state index in [1.54, 1.807) is 0 Å². The topological polar surface area (TPSA) is 58.6 Å². The molecule has 2 N–H and O–H groups in total. The number of methoxy groups -OCH3 is 1. The van der Waals surface area contributed by atoms with Crippen molar-refractivity contribution < 1.29 is 14.6 Å². The van der Waals surface area contributed by atoms with Crippen LogP contribution in [-0.2, 0) is 22.7 Å². The smallest absolute Gasteiger partial charge is 0.327 e. The lowest BCUT2D eigenvalue weighted by atomic mass is 10.1. The number of carbonyl (C=O) groups excluding carboxylic acids is 1. The molecule has 1 atom stereocenters. The zero-order chi connectivity index (χ0) is 15.1. The van der Waals surface area contributed by atoms with Gasteiger partial charge in [-0.25, -0.2) is 4.79 Å². The highest BCUT2D eigenvalue weighted by Gasteiger charge is 2.20. The van der Waals surface area contributed by atoms with E-state index in [2.05, 4.69) is 5.32 Å². The van der Waals surface area contributed by atoms with Crippen molar-refractivity contribution in [3.8, 4) is 0 Å². The van der Waals surface area contributed by atoms with Crippen LogP contribution in [0.25, 0.3) is 0 Å². The third-order valence-corrected chi connectivity index (χ3v) is 3.29. The number of aliphatic hydroxyl groups is 1. The number of benzene rings is 2. The Bertz CT molecular complexity index is 566. The first kappa shape index (κ1) is 15.2. The minimum absolute atomic E-state index is 0.0303. The van der Waals surface area contributed by atoms with Gasteiger partial charge in [0.15, 0.2) is 0 Å². The number of esters is 1. The van der Waals surface area contributed by atoms with E-state index < -0.39 is 6.04 Å². The molecule has 0 amide bonds. The van der Waals surface area contributed by atoms with Crippen LogP contribution in [0.1, 0.15) is 22.7 Å². The van der Waals surface area contributed by atoms with Crippen LogP contribution in [0.15, 0.2) is 54.6 Å². The van der Waals surface area contributed by atoms with E-state index >= 15 is 0 Å². The Labute approximate surface area is 124 Å². The molecule has 2 aromatic carbocycles. The highest BCUT2D eigenvalue weighted by molar-refractivity contribution is 5.77. The van der Waals surface area contributed by atoms with Crippen molar-refractivity contribution in [3.63, 3.8) is 0 Å². The van der Waals surface area contributed by atoms with Crippen molar-refractivity contribution in [1.29, 1.82) is 0 Å². The standard InChI is InChI=1S/C17H19NO3/c1-21-17(20)16(15-5-3-2-4-6-15)18-11-13-7-9-14(12-19)10-8-13/h2-10,16,18-19H,11-12H2,1H3. The first-order chi connectivity index (χ1) is 10.2. The lowest BCUT2D eigenvalue weighted by Gasteiger charge is -2.17. The van der Waals surface area contributed by atoms with Crippen LogP contribution in [-0.4, -0.2) is 18.2 Å². The average molecular weight is 285 g/mol. The fourth-order valence-electron chi connectivity index (χ4n) is 2.08. The zero-order valence-electron chi connectivity index (χ0n) is 12.0. The van der Waals surface area contributed by atoms with Crippen molar-refractivity contribution in [1.82, 2.24) is 5.32 Å². The Morgan fingerprint density at radius 1 is 1.10 bits per heavy atom. The molecule has 0 aromatic heterocycles. The first-order valence-electron chi connectivity index (χ1n) is 6.79. The molecule has 4 nitrogen and oxygen atoms in total. The molecule has 0 heterocycles. The summed E-state index contributed by atoms with van der Waals surface area (Å²) in [5.74, 6) is -0.312. The van der Waals surface area contributed by atoms with Gasteiger partial charge in [-0.2, -0.15) is 0 Å². The van der Waals surface area contributed by atoms with E-state index in [-0.39, 0.29) is 12.6 Å². The number of ether oxygens (including phenoxy) is 1. The molecule has 0 aliphatic carbocycles. The summed E-state index contributed by atoms with van der Waals surface area (Å²) in [6, 6.07) is 16.6. The van der Waals surface area contributed by atoms with E-state index in [0.717, 1.165) is 16.7 Å². The maximum Gasteiger partial charge on any atom is 0.327 e. The third-order valence-electron chi connectivity index (χ3n) is 3.29. The Morgan fingerprint density at radius 2 is 1.71 bits per heavy atom. The van der Waals surface area contributed by atoms with Gasteiger partial charge in [0.1, 0.15) is 6.04 Å². The number of hydrogen-bond donors (Lipinski definition) is 2. The second-order valence-corrected chi connectivity index (χ2v) is 4.72. The predicted molar refractivity (Wildman–Crippen MR) is 80.4 cm³/mol. The lowest BCUT2D eigenvalue weighted by molar-refractivity contribution is -0.143. The van der Waals surface area contributed by atoms with Gasteiger partial charge in [-0.1, -0.05) is 54.6 Å². The first-order valence-corrected chi connectivity index (χ1v) is 6.79. The quantitative estimate of drug-likeness (QED) is 0.799. The van der Waals surface area contributed by atoms with Crippen molar-refractivity contribution in [2.75, 3.05) is 7.11 Å². The van der Waals surface area contributed by atoms with E-state index in [4.69, 9.17) is 9.84 Å². The summed E-state index contributed by atoms with van der Waals surface area (Å²) in [6.07, 6.45) is 0. The van der Waals surface area contributed by atoms with Crippen LogP contribution < -0.4 is 5.32 Å². The summed E-state index contributed by atoms with van der Waals surface area (Å²) in [5, 5.41) is 12.2. The molecule has 0 aliphatic rings. The van der Waals surface area contributed by atoms with Gasteiger partial charge in [-0.3, -0.25) is 5.32 Å². The number of nitrogens with one attached hydrogen (secondary N) is 1. The fraction of sp³-hybridized carbons (Fsp3) is 0.235. The van der Waals surface area contributed by atoms with Gasteiger partial charge in [-0.05, 0) is 16.7 Å². The summed E-state index contributed by atoms with van der Waals surface area (Å²) in [6.45, 7) is 0.572. The molecule has 110 valence electrons. The van der Waals surface area contributed by atoms with Crippen molar-refractivity contribution in [3.05, 3.63) is 71.3 Å². The summed E-state index contributed by atoms with van der Waals surface area (Å²) < 4.78 is 4.86. The van der Waals surface area contributed by atoms with Crippen LogP contribution in [0, 0.1) is 0 Å². The number of hydrogen-bond acceptors (Lipinski definition) is 4. The van der Waals surface area contributed by atoms with E-state index in [0.29, 0.717) is 6.54 Å². The number of carbonyl (C=O) groups is 1. The van der Waals surface area contributed by atoms with Crippen LogP contribution in [0.5, 0.6) is 0 Å². The molecule has 0 saturated carbocycles. The Morgan fingerprint density at radius 3 is 2.29 bits per heavy atom.